The molecular weight excluding hydrogens is 302 g/mol. The number of rotatable bonds is 5. The van der Waals surface area contributed by atoms with Crippen LogP contribution in [-0.4, -0.2) is 23.1 Å². The van der Waals surface area contributed by atoms with Gasteiger partial charge < -0.3 is 15.2 Å². The molecule has 0 saturated carbocycles. The van der Waals surface area contributed by atoms with Crippen molar-refractivity contribution in [1.29, 1.82) is 0 Å². The first-order chi connectivity index (χ1) is 10.6. The summed E-state index contributed by atoms with van der Waals surface area (Å²) in [7, 11) is 0. The lowest BCUT2D eigenvalue weighted by molar-refractivity contribution is -0.138. The highest BCUT2D eigenvalue weighted by Gasteiger charge is 2.31. The van der Waals surface area contributed by atoms with Crippen LogP contribution >= 0.6 is 11.3 Å². The fourth-order valence-electron chi connectivity index (χ4n) is 2.48. The fraction of sp³-hybridized carbons (Fsp3) is 0.250. The molecule has 3 rings (SSSR count). The smallest absolute Gasteiger partial charge is 0.305 e. The Morgan fingerprint density at radius 3 is 2.82 bits per heavy atom. The van der Waals surface area contributed by atoms with Crippen LogP contribution in [0.25, 0.3) is 0 Å². The van der Waals surface area contributed by atoms with Crippen molar-refractivity contribution in [2.45, 2.75) is 25.0 Å². The number of aliphatic carboxylic acids is 1. The van der Waals surface area contributed by atoms with E-state index in [-0.39, 0.29) is 12.3 Å². The summed E-state index contributed by atoms with van der Waals surface area (Å²) in [4.78, 5) is 24.2. The second-order valence-corrected chi connectivity index (χ2v) is 6.07. The van der Waals surface area contributed by atoms with E-state index in [0.717, 1.165) is 10.4 Å². The number of hydrogen-bond donors (Lipinski definition) is 2. The first-order valence-electron chi connectivity index (χ1n) is 6.93. The van der Waals surface area contributed by atoms with Gasteiger partial charge in [0, 0.05) is 11.3 Å². The van der Waals surface area contributed by atoms with Gasteiger partial charge in [-0.1, -0.05) is 24.3 Å². The molecule has 0 bridgehead atoms. The van der Waals surface area contributed by atoms with E-state index in [9.17, 15) is 9.59 Å². The van der Waals surface area contributed by atoms with E-state index in [1.165, 1.54) is 11.3 Å². The van der Waals surface area contributed by atoms with Gasteiger partial charge in [0.25, 0.3) is 5.91 Å². The van der Waals surface area contributed by atoms with Crippen LogP contribution in [0.4, 0.5) is 0 Å². The molecule has 22 heavy (non-hydrogen) atoms. The molecule has 1 amide bonds. The summed E-state index contributed by atoms with van der Waals surface area (Å²) in [5.74, 6) is -0.515. The van der Waals surface area contributed by atoms with Gasteiger partial charge in [-0.2, -0.15) is 0 Å². The van der Waals surface area contributed by atoms with Crippen molar-refractivity contribution in [3.63, 3.8) is 0 Å². The van der Waals surface area contributed by atoms with Gasteiger partial charge in [-0.3, -0.25) is 9.59 Å². The number of nitrogens with one attached hydrogen (secondary N) is 1. The molecule has 2 atom stereocenters. The number of benzene rings is 1. The summed E-state index contributed by atoms with van der Waals surface area (Å²) in [6.07, 6.45) is -0.244. The molecule has 2 heterocycles. The van der Waals surface area contributed by atoms with E-state index < -0.39 is 18.1 Å². The number of carbonyl (C=O) groups excluding carboxylic acids is 1. The van der Waals surface area contributed by atoms with E-state index in [1.807, 2.05) is 41.8 Å². The van der Waals surface area contributed by atoms with Crippen LogP contribution < -0.4 is 10.1 Å². The molecule has 1 aromatic heterocycles. The molecule has 2 N–H and O–H groups in total. The Kier molecular flexibility index (Phi) is 4.11. The Labute approximate surface area is 131 Å². The zero-order valence-corrected chi connectivity index (χ0v) is 12.5. The van der Waals surface area contributed by atoms with Crippen LogP contribution in [0.1, 0.15) is 22.9 Å². The van der Waals surface area contributed by atoms with E-state index in [2.05, 4.69) is 5.32 Å². The highest BCUT2D eigenvalue weighted by molar-refractivity contribution is 7.10. The summed E-state index contributed by atoms with van der Waals surface area (Å²) < 4.78 is 5.64. The van der Waals surface area contributed by atoms with Crippen LogP contribution in [0.2, 0.25) is 0 Å². The number of ether oxygens (including phenoxy) is 1. The van der Waals surface area contributed by atoms with E-state index in [4.69, 9.17) is 9.84 Å². The third-order valence-electron chi connectivity index (χ3n) is 3.52. The minimum Gasteiger partial charge on any atom is -0.481 e. The molecule has 2 unspecified atom stereocenters. The molecule has 0 saturated heterocycles. The van der Waals surface area contributed by atoms with E-state index in [0.29, 0.717) is 12.2 Å². The summed E-state index contributed by atoms with van der Waals surface area (Å²) >= 11 is 1.43. The number of fused-ring (bicyclic) bond motifs is 1. The summed E-state index contributed by atoms with van der Waals surface area (Å²) in [5, 5.41) is 13.7. The highest BCUT2D eigenvalue weighted by Crippen LogP contribution is 2.29. The second kappa shape index (κ2) is 6.19. The zero-order chi connectivity index (χ0) is 15.5. The van der Waals surface area contributed by atoms with E-state index >= 15 is 0 Å². The van der Waals surface area contributed by atoms with Gasteiger partial charge in [-0.05, 0) is 23.1 Å². The van der Waals surface area contributed by atoms with Crippen LogP contribution in [0.15, 0.2) is 41.8 Å². The molecule has 114 valence electrons. The molecular formula is C16H15NO4S. The molecule has 5 nitrogen and oxygen atoms in total. The number of hydrogen-bond acceptors (Lipinski definition) is 4. The van der Waals surface area contributed by atoms with Crippen molar-refractivity contribution in [3.8, 4) is 5.75 Å². The first-order valence-corrected chi connectivity index (χ1v) is 7.81. The van der Waals surface area contributed by atoms with Crippen molar-refractivity contribution in [1.82, 2.24) is 5.32 Å². The molecule has 1 aliphatic heterocycles. The van der Waals surface area contributed by atoms with Crippen LogP contribution in [0, 0.1) is 0 Å². The second-order valence-electron chi connectivity index (χ2n) is 5.09. The molecule has 0 fully saturated rings. The maximum atomic E-state index is 12.4. The predicted molar refractivity (Wildman–Crippen MR) is 82.0 cm³/mol. The standard InChI is InChI=1S/C16H15NO4S/c18-15(19)9-11(14-6-3-7-22-14)17-16(20)13-8-10-4-1-2-5-12(10)21-13/h1-7,11,13H,8-9H2,(H,17,20)(H,18,19). The van der Waals surface area contributed by atoms with Gasteiger partial charge in [0.1, 0.15) is 5.75 Å². The predicted octanol–water partition coefficient (Wildman–Crippen LogP) is 2.38. The van der Waals surface area contributed by atoms with E-state index in [1.54, 1.807) is 0 Å². The average Bonchev–Trinajstić information content (AvgIpc) is 3.15. The number of amides is 1. The average molecular weight is 317 g/mol. The maximum Gasteiger partial charge on any atom is 0.305 e. The van der Waals surface area contributed by atoms with Crippen LogP contribution in [-0.2, 0) is 16.0 Å². The maximum absolute atomic E-state index is 12.4. The first kappa shape index (κ1) is 14.6. The molecule has 0 aliphatic carbocycles. The monoisotopic (exact) mass is 317 g/mol. The van der Waals surface area contributed by atoms with Gasteiger partial charge in [0.15, 0.2) is 6.10 Å². The van der Waals surface area contributed by atoms with Crippen molar-refractivity contribution in [2.75, 3.05) is 0 Å². The SMILES string of the molecule is O=C(O)CC(NC(=O)C1Cc2ccccc2O1)c1cccs1. The third kappa shape index (κ3) is 3.12. The lowest BCUT2D eigenvalue weighted by Crippen LogP contribution is -2.40. The van der Waals surface area contributed by atoms with Gasteiger partial charge in [-0.15, -0.1) is 11.3 Å². The minimum absolute atomic E-state index is 0.147. The number of carbonyl (C=O) groups is 2. The number of thiophene rings is 1. The van der Waals surface area contributed by atoms with Crippen molar-refractivity contribution >= 4 is 23.2 Å². The minimum atomic E-state index is -0.950. The largest absolute Gasteiger partial charge is 0.481 e. The lowest BCUT2D eigenvalue weighted by atomic mass is 10.1. The van der Waals surface area contributed by atoms with Gasteiger partial charge >= 0.3 is 5.97 Å². The Morgan fingerprint density at radius 1 is 1.32 bits per heavy atom. The zero-order valence-electron chi connectivity index (χ0n) is 11.7. The lowest BCUT2D eigenvalue weighted by Gasteiger charge is -2.18. The van der Waals surface area contributed by atoms with Crippen molar-refractivity contribution in [3.05, 3.63) is 52.2 Å². The quantitative estimate of drug-likeness (QED) is 0.888. The molecule has 0 radical (unpaired) electrons. The topological polar surface area (TPSA) is 75.6 Å². The van der Waals surface area contributed by atoms with Crippen molar-refractivity contribution < 1.29 is 19.4 Å². The van der Waals surface area contributed by atoms with Gasteiger partial charge in [0.05, 0.1) is 12.5 Å². The van der Waals surface area contributed by atoms with Crippen LogP contribution in [0.3, 0.4) is 0 Å². The van der Waals surface area contributed by atoms with Crippen molar-refractivity contribution in [2.24, 2.45) is 0 Å². The molecule has 1 aromatic carbocycles. The normalized spacial score (nSPS) is 17.4. The number of carboxylic acids is 1. The molecule has 0 spiro atoms. The number of carboxylic acid groups (broad SMARTS) is 1. The molecule has 1 aliphatic rings. The Morgan fingerprint density at radius 2 is 2.14 bits per heavy atom. The Bertz CT molecular complexity index is 658. The Hall–Kier alpha value is -2.34. The number of para-hydroxylation sites is 1. The van der Waals surface area contributed by atoms with Gasteiger partial charge in [0.2, 0.25) is 0 Å². The fourth-order valence-corrected chi connectivity index (χ4v) is 3.26. The molecule has 6 heteroatoms. The summed E-state index contributed by atoms with van der Waals surface area (Å²) in [6.45, 7) is 0. The van der Waals surface area contributed by atoms with Gasteiger partial charge in [-0.25, -0.2) is 0 Å². The Balaban J connectivity index is 1.69. The summed E-state index contributed by atoms with van der Waals surface area (Å²) in [6, 6.07) is 10.6. The third-order valence-corrected chi connectivity index (χ3v) is 4.51. The molecule has 2 aromatic rings. The summed E-state index contributed by atoms with van der Waals surface area (Å²) in [5.41, 5.74) is 0.994. The van der Waals surface area contributed by atoms with Crippen LogP contribution in [0.5, 0.6) is 5.75 Å². The highest BCUT2D eigenvalue weighted by atomic mass is 32.1.